The van der Waals surface area contributed by atoms with Crippen molar-refractivity contribution in [1.82, 2.24) is 4.90 Å². The Morgan fingerprint density at radius 2 is 1.80 bits per heavy atom. The van der Waals surface area contributed by atoms with Gasteiger partial charge in [-0.2, -0.15) is 0 Å². The van der Waals surface area contributed by atoms with Crippen LogP contribution in [0.15, 0.2) is 24.3 Å². The summed E-state index contributed by atoms with van der Waals surface area (Å²) in [5, 5.41) is 9.22. The van der Waals surface area contributed by atoms with E-state index in [1.165, 1.54) is 6.07 Å². The van der Waals surface area contributed by atoms with Crippen molar-refractivity contribution in [2.45, 2.75) is 38.6 Å². The Morgan fingerprint density at radius 3 is 2.44 bits per heavy atom. The molecule has 2 fully saturated rings. The summed E-state index contributed by atoms with van der Waals surface area (Å²) < 4.78 is 0. The number of benzene rings is 1. The zero-order chi connectivity index (χ0) is 18.1. The van der Waals surface area contributed by atoms with Crippen LogP contribution in [0.2, 0.25) is 0 Å². The Balaban J connectivity index is 1.85. The predicted molar refractivity (Wildman–Crippen MR) is 89.0 cm³/mol. The lowest BCUT2D eigenvalue weighted by atomic mass is 9.93. The van der Waals surface area contributed by atoms with Gasteiger partial charge in [-0.25, -0.2) is 0 Å². The first kappa shape index (κ1) is 17.1. The molecule has 2 heterocycles. The lowest BCUT2D eigenvalue weighted by Crippen LogP contribution is -2.47. The van der Waals surface area contributed by atoms with Crippen LogP contribution in [0.1, 0.15) is 43.0 Å². The zero-order valence-corrected chi connectivity index (χ0v) is 14.0. The van der Waals surface area contributed by atoms with Gasteiger partial charge in [0.05, 0.1) is 11.6 Å². The predicted octanol–water partition coefficient (Wildman–Crippen LogP) is 1.67. The summed E-state index contributed by atoms with van der Waals surface area (Å²) in [5.74, 6) is -2.28. The maximum Gasteiger partial charge on any atom is 0.308 e. The van der Waals surface area contributed by atoms with E-state index in [1.54, 1.807) is 23.1 Å². The second-order valence-electron chi connectivity index (χ2n) is 6.59. The Morgan fingerprint density at radius 1 is 1.12 bits per heavy atom. The maximum atomic E-state index is 12.9. The normalized spacial score (nSPS) is 23.9. The van der Waals surface area contributed by atoms with E-state index in [0.717, 1.165) is 4.90 Å². The van der Waals surface area contributed by atoms with E-state index in [9.17, 15) is 24.3 Å². The highest BCUT2D eigenvalue weighted by Gasteiger charge is 2.34. The van der Waals surface area contributed by atoms with E-state index in [1.807, 2.05) is 6.92 Å². The molecule has 0 bridgehead atoms. The topological polar surface area (TPSA) is 95.0 Å². The molecule has 7 nitrogen and oxygen atoms in total. The number of hydrogen-bond acceptors (Lipinski definition) is 4. The Hall–Kier alpha value is -2.70. The van der Waals surface area contributed by atoms with Crippen LogP contribution in [0.25, 0.3) is 0 Å². The molecule has 3 amide bonds. The van der Waals surface area contributed by atoms with Gasteiger partial charge in [0.1, 0.15) is 0 Å². The van der Waals surface area contributed by atoms with E-state index in [0.29, 0.717) is 24.1 Å². The lowest BCUT2D eigenvalue weighted by Gasteiger charge is -2.36. The third kappa shape index (κ3) is 3.26. The fourth-order valence-corrected chi connectivity index (χ4v) is 3.40. The summed E-state index contributed by atoms with van der Waals surface area (Å²) in [6.45, 7) is 2.06. The monoisotopic (exact) mass is 344 g/mol. The number of piperidine rings is 1. The van der Waals surface area contributed by atoms with Crippen LogP contribution in [0, 0.1) is 5.92 Å². The summed E-state index contributed by atoms with van der Waals surface area (Å²) in [6, 6.07) is 6.35. The molecule has 0 aromatic heterocycles. The van der Waals surface area contributed by atoms with Gasteiger partial charge >= 0.3 is 5.97 Å². The SMILES string of the molecule is C[C@@H]1CC[C@H](C(=O)O)CN1C(=O)c1cccc(N2C(=O)CCC2=O)c1. The lowest BCUT2D eigenvalue weighted by molar-refractivity contribution is -0.143. The van der Waals surface area contributed by atoms with Gasteiger partial charge in [0, 0.05) is 31.0 Å². The molecule has 0 aliphatic carbocycles. The molecule has 1 aromatic rings. The number of carboxylic acid groups (broad SMARTS) is 1. The fourth-order valence-electron chi connectivity index (χ4n) is 3.40. The summed E-state index contributed by atoms with van der Waals surface area (Å²) >= 11 is 0. The van der Waals surface area contributed by atoms with Gasteiger partial charge in [-0.05, 0) is 38.0 Å². The number of rotatable bonds is 3. The van der Waals surface area contributed by atoms with E-state index in [4.69, 9.17) is 0 Å². The smallest absolute Gasteiger partial charge is 0.308 e. The third-order valence-electron chi connectivity index (χ3n) is 4.89. The number of hydrogen-bond donors (Lipinski definition) is 1. The van der Waals surface area contributed by atoms with Gasteiger partial charge in [0.25, 0.3) is 5.91 Å². The van der Waals surface area contributed by atoms with Crippen LogP contribution >= 0.6 is 0 Å². The molecule has 0 spiro atoms. The molecule has 7 heteroatoms. The number of carboxylic acids is 1. The van der Waals surface area contributed by atoms with Gasteiger partial charge < -0.3 is 10.0 Å². The standard InChI is InChI=1S/C18H20N2O5/c1-11-5-6-13(18(24)25)10-19(11)17(23)12-3-2-4-14(9-12)20-15(21)7-8-16(20)22/h2-4,9,11,13H,5-8,10H2,1H3,(H,24,25)/t11-,13+/m1/s1. The molecule has 2 aliphatic rings. The summed E-state index contributed by atoms with van der Waals surface area (Å²) in [7, 11) is 0. The van der Waals surface area contributed by atoms with Gasteiger partial charge in [-0.1, -0.05) is 6.07 Å². The molecule has 1 N–H and O–H groups in total. The Kier molecular flexibility index (Phi) is 4.57. The van der Waals surface area contributed by atoms with Crippen molar-refractivity contribution in [3.63, 3.8) is 0 Å². The molecule has 132 valence electrons. The third-order valence-corrected chi connectivity index (χ3v) is 4.89. The van der Waals surface area contributed by atoms with Crippen molar-refractivity contribution in [2.24, 2.45) is 5.92 Å². The minimum absolute atomic E-state index is 0.0539. The highest BCUT2D eigenvalue weighted by molar-refractivity contribution is 6.20. The average Bonchev–Trinajstić information content (AvgIpc) is 2.93. The van der Waals surface area contributed by atoms with E-state index in [-0.39, 0.29) is 43.1 Å². The van der Waals surface area contributed by atoms with E-state index < -0.39 is 11.9 Å². The molecule has 2 atom stereocenters. The molecular formula is C18H20N2O5. The van der Waals surface area contributed by atoms with Crippen LogP contribution < -0.4 is 4.90 Å². The molecule has 1 aromatic carbocycles. The summed E-state index contributed by atoms with van der Waals surface area (Å²) in [6.07, 6.45) is 1.55. The van der Waals surface area contributed by atoms with Crippen LogP contribution in [0.4, 0.5) is 5.69 Å². The van der Waals surface area contributed by atoms with Crippen molar-refractivity contribution < 1.29 is 24.3 Å². The average molecular weight is 344 g/mol. The highest BCUT2D eigenvalue weighted by Crippen LogP contribution is 2.27. The minimum atomic E-state index is -0.897. The van der Waals surface area contributed by atoms with Crippen LogP contribution in [-0.2, 0) is 14.4 Å². The van der Waals surface area contributed by atoms with Gasteiger partial charge in [0.15, 0.2) is 0 Å². The number of likely N-dealkylation sites (tertiary alicyclic amines) is 1. The molecule has 0 unspecified atom stereocenters. The number of nitrogens with zero attached hydrogens (tertiary/aromatic N) is 2. The molecule has 0 saturated carbocycles. The number of imide groups is 1. The van der Waals surface area contributed by atoms with Crippen molar-refractivity contribution in [3.8, 4) is 0 Å². The first-order chi connectivity index (χ1) is 11.9. The molecule has 25 heavy (non-hydrogen) atoms. The van der Waals surface area contributed by atoms with E-state index in [2.05, 4.69) is 0 Å². The zero-order valence-electron chi connectivity index (χ0n) is 14.0. The van der Waals surface area contributed by atoms with Crippen molar-refractivity contribution >= 4 is 29.4 Å². The highest BCUT2D eigenvalue weighted by atomic mass is 16.4. The number of carbonyl (C=O) groups is 4. The first-order valence-corrected chi connectivity index (χ1v) is 8.38. The number of aliphatic carboxylic acids is 1. The number of amides is 3. The quantitative estimate of drug-likeness (QED) is 0.842. The second-order valence-corrected chi connectivity index (χ2v) is 6.59. The number of carbonyl (C=O) groups excluding carboxylic acids is 3. The van der Waals surface area contributed by atoms with Crippen molar-refractivity contribution in [3.05, 3.63) is 29.8 Å². The minimum Gasteiger partial charge on any atom is -0.481 e. The first-order valence-electron chi connectivity index (χ1n) is 8.38. The molecule has 3 rings (SSSR count). The summed E-state index contributed by atoms with van der Waals surface area (Å²) in [5.41, 5.74) is 0.737. The number of anilines is 1. The fraction of sp³-hybridized carbons (Fsp3) is 0.444. The summed E-state index contributed by atoms with van der Waals surface area (Å²) in [4.78, 5) is 50.5. The van der Waals surface area contributed by atoms with Gasteiger partial charge in [-0.15, -0.1) is 0 Å². The maximum absolute atomic E-state index is 12.9. The van der Waals surface area contributed by atoms with Crippen LogP contribution in [0.3, 0.4) is 0 Å². The molecule has 2 saturated heterocycles. The Bertz CT molecular complexity index is 729. The van der Waals surface area contributed by atoms with E-state index >= 15 is 0 Å². The van der Waals surface area contributed by atoms with Crippen molar-refractivity contribution in [1.29, 1.82) is 0 Å². The van der Waals surface area contributed by atoms with Gasteiger partial charge in [-0.3, -0.25) is 24.1 Å². The largest absolute Gasteiger partial charge is 0.481 e. The second kappa shape index (κ2) is 6.66. The van der Waals surface area contributed by atoms with Crippen LogP contribution in [0.5, 0.6) is 0 Å². The van der Waals surface area contributed by atoms with Crippen molar-refractivity contribution in [2.75, 3.05) is 11.4 Å². The van der Waals surface area contributed by atoms with Gasteiger partial charge in [0.2, 0.25) is 11.8 Å². The molecule has 2 aliphatic heterocycles. The molecular weight excluding hydrogens is 324 g/mol. The molecule has 0 radical (unpaired) electrons. The van der Waals surface area contributed by atoms with Crippen LogP contribution in [-0.4, -0.2) is 46.3 Å². The Labute approximate surface area is 145 Å².